The van der Waals surface area contributed by atoms with Crippen LogP contribution in [-0.2, 0) is 6.54 Å². The number of rotatable bonds is 2. The van der Waals surface area contributed by atoms with Gasteiger partial charge >= 0.3 is 0 Å². The van der Waals surface area contributed by atoms with Crippen molar-refractivity contribution in [3.8, 4) is 11.5 Å². The fourth-order valence-corrected chi connectivity index (χ4v) is 1.83. The number of oxazole rings is 1. The summed E-state index contributed by atoms with van der Waals surface area (Å²) in [7, 11) is 0. The number of aromatic nitrogens is 1. The van der Waals surface area contributed by atoms with Crippen molar-refractivity contribution in [1.82, 2.24) is 4.98 Å². The summed E-state index contributed by atoms with van der Waals surface area (Å²) in [6, 6.07) is 15.7. The molecule has 2 N–H and O–H groups in total. The van der Waals surface area contributed by atoms with E-state index in [1.165, 1.54) is 0 Å². The standard InChI is InChI=1S/C14H12N2O/c15-9-10-4-3-5-11(8-10)14-16-12-6-1-2-7-13(12)17-14/h1-8H,9,15H2. The number of hydrogen-bond acceptors (Lipinski definition) is 3. The number of benzene rings is 2. The second-order valence-corrected chi connectivity index (χ2v) is 3.89. The van der Waals surface area contributed by atoms with Gasteiger partial charge in [0.1, 0.15) is 5.52 Å². The molecule has 0 spiro atoms. The highest BCUT2D eigenvalue weighted by molar-refractivity contribution is 5.76. The molecule has 0 radical (unpaired) electrons. The van der Waals surface area contributed by atoms with Crippen LogP contribution in [0.3, 0.4) is 0 Å². The molecule has 2 aromatic carbocycles. The Labute approximate surface area is 98.9 Å². The first-order valence-electron chi connectivity index (χ1n) is 5.52. The summed E-state index contributed by atoms with van der Waals surface area (Å²) in [5, 5.41) is 0. The Balaban J connectivity index is 2.13. The summed E-state index contributed by atoms with van der Waals surface area (Å²) < 4.78 is 5.70. The van der Waals surface area contributed by atoms with E-state index in [2.05, 4.69) is 4.98 Å². The minimum Gasteiger partial charge on any atom is -0.436 e. The van der Waals surface area contributed by atoms with Gasteiger partial charge in [0, 0.05) is 12.1 Å². The summed E-state index contributed by atoms with van der Waals surface area (Å²) in [5.74, 6) is 0.640. The first kappa shape index (κ1) is 10.1. The van der Waals surface area contributed by atoms with Gasteiger partial charge in [0.15, 0.2) is 5.58 Å². The third-order valence-corrected chi connectivity index (χ3v) is 2.70. The summed E-state index contributed by atoms with van der Waals surface area (Å²) in [4.78, 5) is 4.45. The van der Waals surface area contributed by atoms with Crippen molar-refractivity contribution in [3.63, 3.8) is 0 Å². The fourth-order valence-electron chi connectivity index (χ4n) is 1.83. The molecule has 3 aromatic rings. The third-order valence-electron chi connectivity index (χ3n) is 2.70. The Morgan fingerprint density at radius 2 is 1.94 bits per heavy atom. The van der Waals surface area contributed by atoms with Crippen LogP contribution in [0.15, 0.2) is 52.9 Å². The Morgan fingerprint density at radius 1 is 1.06 bits per heavy atom. The Morgan fingerprint density at radius 3 is 2.76 bits per heavy atom. The van der Waals surface area contributed by atoms with E-state index in [1.807, 2.05) is 48.5 Å². The van der Waals surface area contributed by atoms with Gasteiger partial charge in [-0.15, -0.1) is 0 Å². The average Bonchev–Trinajstić information content (AvgIpc) is 2.82. The Kier molecular flexibility index (Phi) is 2.38. The molecule has 0 atom stereocenters. The summed E-state index contributed by atoms with van der Waals surface area (Å²) in [6.45, 7) is 0.522. The molecule has 1 aromatic heterocycles. The van der Waals surface area contributed by atoms with Crippen LogP contribution < -0.4 is 5.73 Å². The van der Waals surface area contributed by atoms with Gasteiger partial charge in [-0.05, 0) is 29.8 Å². The van der Waals surface area contributed by atoms with Gasteiger partial charge in [-0.3, -0.25) is 0 Å². The average molecular weight is 224 g/mol. The van der Waals surface area contributed by atoms with Crippen LogP contribution in [0.5, 0.6) is 0 Å². The number of fused-ring (bicyclic) bond motifs is 1. The van der Waals surface area contributed by atoms with E-state index < -0.39 is 0 Å². The summed E-state index contributed by atoms with van der Waals surface area (Å²) >= 11 is 0. The van der Waals surface area contributed by atoms with Gasteiger partial charge in [0.2, 0.25) is 5.89 Å². The van der Waals surface area contributed by atoms with E-state index in [0.717, 1.165) is 22.2 Å². The maximum absolute atomic E-state index is 5.70. The van der Waals surface area contributed by atoms with E-state index >= 15 is 0 Å². The molecule has 0 amide bonds. The molecule has 84 valence electrons. The first-order valence-corrected chi connectivity index (χ1v) is 5.52. The van der Waals surface area contributed by atoms with Crippen molar-refractivity contribution in [2.45, 2.75) is 6.54 Å². The van der Waals surface area contributed by atoms with Crippen LogP contribution in [0.1, 0.15) is 5.56 Å². The molecule has 0 bridgehead atoms. The van der Waals surface area contributed by atoms with Crippen molar-refractivity contribution in [2.24, 2.45) is 5.73 Å². The second kappa shape index (κ2) is 4.03. The van der Waals surface area contributed by atoms with Gasteiger partial charge in [0.25, 0.3) is 0 Å². The lowest BCUT2D eigenvalue weighted by Gasteiger charge is -1.98. The predicted octanol–water partition coefficient (Wildman–Crippen LogP) is 2.95. The normalized spacial score (nSPS) is 10.9. The maximum atomic E-state index is 5.70. The molecule has 0 unspecified atom stereocenters. The van der Waals surface area contributed by atoms with E-state index in [9.17, 15) is 0 Å². The van der Waals surface area contributed by atoms with Crippen molar-refractivity contribution in [3.05, 3.63) is 54.1 Å². The topological polar surface area (TPSA) is 52.0 Å². The van der Waals surface area contributed by atoms with Crippen LogP contribution >= 0.6 is 0 Å². The van der Waals surface area contributed by atoms with Crippen molar-refractivity contribution in [1.29, 1.82) is 0 Å². The SMILES string of the molecule is NCc1cccc(-c2nc3ccccc3o2)c1. The van der Waals surface area contributed by atoms with E-state index in [4.69, 9.17) is 10.2 Å². The third kappa shape index (κ3) is 1.81. The number of hydrogen-bond donors (Lipinski definition) is 1. The van der Waals surface area contributed by atoms with Gasteiger partial charge in [-0.2, -0.15) is 0 Å². The highest BCUT2D eigenvalue weighted by atomic mass is 16.3. The lowest BCUT2D eigenvalue weighted by Crippen LogP contribution is -1.95. The molecule has 0 aliphatic carbocycles. The van der Waals surface area contributed by atoms with Crippen molar-refractivity contribution >= 4 is 11.1 Å². The molecule has 3 heteroatoms. The van der Waals surface area contributed by atoms with Crippen molar-refractivity contribution in [2.75, 3.05) is 0 Å². The molecular weight excluding hydrogens is 212 g/mol. The Bertz CT molecular complexity index is 625. The summed E-state index contributed by atoms with van der Waals surface area (Å²) in [5.41, 5.74) is 9.34. The van der Waals surface area contributed by atoms with Crippen LogP contribution in [-0.4, -0.2) is 4.98 Å². The highest BCUT2D eigenvalue weighted by Gasteiger charge is 2.07. The molecule has 0 aliphatic heterocycles. The van der Waals surface area contributed by atoms with Crippen LogP contribution in [0.2, 0.25) is 0 Å². The lowest BCUT2D eigenvalue weighted by molar-refractivity contribution is 0.619. The maximum Gasteiger partial charge on any atom is 0.227 e. The zero-order chi connectivity index (χ0) is 11.7. The molecular formula is C14H12N2O. The van der Waals surface area contributed by atoms with Gasteiger partial charge < -0.3 is 10.2 Å². The number of nitrogens with zero attached hydrogens (tertiary/aromatic N) is 1. The monoisotopic (exact) mass is 224 g/mol. The molecule has 1 heterocycles. The van der Waals surface area contributed by atoms with Crippen LogP contribution in [0.4, 0.5) is 0 Å². The fraction of sp³-hybridized carbons (Fsp3) is 0.0714. The van der Waals surface area contributed by atoms with Gasteiger partial charge in [-0.1, -0.05) is 24.3 Å². The van der Waals surface area contributed by atoms with Gasteiger partial charge in [0.05, 0.1) is 0 Å². The molecule has 0 saturated heterocycles. The van der Waals surface area contributed by atoms with E-state index in [1.54, 1.807) is 0 Å². The Hall–Kier alpha value is -2.13. The second-order valence-electron chi connectivity index (χ2n) is 3.89. The first-order chi connectivity index (χ1) is 8.36. The highest BCUT2D eigenvalue weighted by Crippen LogP contribution is 2.24. The van der Waals surface area contributed by atoms with Crippen LogP contribution in [0, 0.1) is 0 Å². The smallest absolute Gasteiger partial charge is 0.227 e. The predicted molar refractivity (Wildman–Crippen MR) is 67.3 cm³/mol. The zero-order valence-corrected chi connectivity index (χ0v) is 9.26. The number of nitrogens with two attached hydrogens (primary N) is 1. The molecule has 3 rings (SSSR count). The minimum atomic E-state index is 0.522. The number of para-hydroxylation sites is 2. The van der Waals surface area contributed by atoms with Crippen LogP contribution in [0.25, 0.3) is 22.6 Å². The molecule has 3 nitrogen and oxygen atoms in total. The van der Waals surface area contributed by atoms with Crippen molar-refractivity contribution < 1.29 is 4.42 Å². The van der Waals surface area contributed by atoms with E-state index in [-0.39, 0.29) is 0 Å². The van der Waals surface area contributed by atoms with E-state index in [0.29, 0.717) is 12.4 Å². The minimum absolute atomic E-state index is 0.522. The largest absolute Gasteiger partial charge is 0.436 e. The zero-order valence-electron chi connectivity index (χ0n) is 9.26. The summed E-state index contributed by atoms with van der Waals surface area (Å²) in [6.07, 6.45) is 0. The lowest BCUT2D eigenvalue weighted by atomic mass is 10.1. The quantitative estimate of drug-likeness (QED) is 0.728. The van der Waals surface area contributed by atoms with Gasteiger partial charge in [-0.25, -0.2) is 4.98 Å². The molecule has 0 saturated carbocycles. The molecule has 0 aliphatic rings. The molecule has 0 fully saturated rings. The molecule has 17 heavy (non-hydrogen) atoms.